The summed E-state index contributed by atoms with van der Waals surface area (Å²) in [6.07, 6.45) is 9.04. The summed E-state index contributed by atoms with van der Waals surface area (Å²) >= 11 is 0. The summed E-state index contributed by atoms with van der Waals surface area (Å²) in [5.74, 6) is 0. The lowest BCUT2D eigenvalue weighted by Crippen LogP contribution is -2.06. The normalized spacial score (nSPS) is 10.9. The molecule has 0 unspecified atom stereocenters. The smallest absolute Gasteiger partial charge is 0.0822 e. The van der Waals surface area contributed by atoms with Gasteiger partial charge < -0.3 is 9.47 Å². The average molecular weight is 245 g/mol. The molecule has 1 radical (unpaired) electrons. The van der Waals surface area contributed by atoms with Crippen LogP contribution in [0.3, 0.4) is 0 Å². The van der Waals surface area contributed by atoms with Crippen LogP contribution in [0.5, 0.6) is 0 Å². The van der Waals surface area contributed by atoms with Gasteiger partial charge in [-0.25, -0.2) is 5.11 Å². The highest BCUT2D eigenvalue weighted by Gasteiger charge is 1.92. The quantitative estimate of drug-likeness (QED) is 0.439. The zero-order chi connectivity index (χ0) is 12.6. The first-order valence-corrected chi connectivity index (χ1v) is 7.15. The van der Waals surface area contributed by atoms with Crippen LogP contribution in [0.4, 0.5) is 0 Å². The molecule has 0 aromatic heterocycles. The lowest BCUT2D eigenvalue weighted by atomic mass is 10.1. The maximum atomic E-state index is 10.2. The lowest BCUT2D eigenvalue weighted by Gasteiger charge is -2.05. The van der Waals surface area contributed by atoms with E-state index in [0.717, 1.165) is 52.1 Å². The van der Waals surface area contributed by atoms with Gasteiger partial charge in [-0.1, -0.05) is 39.0 Å². The number of ether oxygens (including phenoxy) is 2. The molecular formula is C14H29O3. The van der Waals surface area contributed by atoms with Crippen molar-refractivity contribution < 1.29 is 14.6 Å². The fraction of sp³-hybridized carbons (Fsp3) is 1.00. The molecule has 0 N–H and O–H groups in total. The van der Waals surface area contributed by atoms with Gasteiger partial charge in [0.1, 0.15) is 0 Å². The Hall–Kier alpha value is -0.120. The minimum Gasteiger partial charge on any atom is -0.379 e. The lowest BCUT2D eigenvalue weighted by molar-refractivity contribution is 0.0453. The first kappa shape index (κ1) is 16.9. The summed E-state index contributed by atoms with van der Waals surface area (Å²) in [7, 11) is 0. The topological polar surface area (TPSA) is 38.4 Å². The SMILES string of the molecule is CCCCOCCOCCCCCCCC[O]. The first-order valence-electron chi connectivity index (χ1n) is 7.15. The van der Waals surface area contributed by atoms with E-state index in [1.165, 1.54) is 25.7 Å². The number of rotatable bonds is 14. The standard InChI is InChI=1S/C14H29O3/c1-2-3-11-16-13-14-17-12-9-7-5-4-6-8-10-15/h2-14H2,1H3. The maximum absolute atomic E-state index is 10.2. The second-order valence-electron chi connectivity index (χ2n) is 4.40. The zero-order valence-corrected chi connectivity index (χ0v) is 11.4. The van der Waals surface area contributed by atoms with E-state index in [2.05, 4.69) is 6.92 Å². The van der Waals surface area contributed by atoms with Crippen molar-refractivity contribution in [2.24, 2.45) is 0 Å². The molecule has 0 aromatic carbocycles. The maximum Gasteiger partial charge on any atom is 0.0822 e. The van der Waals surface area contributed by atoms with Gasteiger partial charge in [0.15, 0.2) is 0 Å². The van der Waals surface area contributed by atoms with Crippen LogP contribution < -0.4 is 0 Å². The van der Waals surface area contributed by atoms with Crippen LogP contribution in [0.1, 0.15) is 58.3 Å². The summed E-state index contributed by atoms with van der Waals surface area (Å²) in [5.41, 5.74) is 0. The molecule has 0 atom stereocenters. The average Bonchev–Trinajstić information content (AvgIpc) is 2.35. The molecule has 3 nitrogen and oxygen atoms in total. The van der Waals surface area contributed by atoms with E-state index >= 15 is 0 Å². The molecule has 0 aromatic rings. The van der Waals surface area contributed by atoms with Crippen molar-refractivity contribution in [3.8, 4) is 0 Å². The van der Waals surface area contributed by atoms with Crippen LogP contribution in [0.25, 0.3) is 0 Å². The Bertz CT molecular complexity index is 115. The van der Waals surface area contributed by atoms with E-state index < -0.39 is 0 Å². The number of hydrogen-bond acceptors (Lipinski definition) is 2. The van der Waals surface area contributed by atoms with Crippen molar-refractivity contribution in [2.75, 3.05) is 33.0 Å². The van der Waals surface area contributed by atoms with Crippen LogP contribution in [0, 0.1) is 0 Å². The van der Waals surface area contributed by atoms with Crippen molar-refractivity contribution in [2.45, 2.75) is 58.3 Å². The molecule has 0 bridgehead atoms. The molecule has 0 heterocycles. The van der Waals surface area contributed by atoms with Crippen molar-refractivity contribution in [1.82, 2.24) is 0 Å². The van der Waals surface area contributed by atoms with Gasteiger partial charge in [-0.15, -0.1) is 0 Å². The Morgan fingerprint density at radius 3 is 1.76 bits per heavy atom. The van der Waals surface area contributed by atoms with Gasteiger partial charge >= 0.3 is 0 Å². The second-order valence-corrected chi connectivity index (χ2v) is 4.40. The Morgan fingerprint density at radius 2 is 1.18 bits per heavy atom. The van der Waals surface area contributed by atoms with Crippen LogP contribution in [0.2, 0.25) is 0 Å². The third-order valence-corrected chi connectivity index (χ3v) is 2.70. The highest BCUT2D eigenvalue weighted by atomic mass is 16.5. The number of unbranched alkanes of at least 4 members (excludes halogenated alkanes) is 6. The minimum atomic E-state index is 0.0845. The summed E-state index contributed by atoms with van der Waals surface area (Å²) in [6, 6.07) is 0. The van der Waals surface area contributed by atoms with Crippen LogP contribution in [0.15, 0.2) is 0 Å². The summed E-state index contributed by atoms with van der Waals surface area (Å²) in [5, 5.41) is 10.2. The molecule has 0 aliphatic carbocycles. The highest BCUT2D eigenvalue weighted by molar-refractivity contribution is 4.44. The molecule has 17 heavy (non-hydrogen) atoms. The highest BCUT2D eigenvalue weighted by Crippen LogP contribution is 2.05. The molecular weight excluding hydrogens is 216 g/mol. The Kier molecular flexibility index (Phi) is 15.8. The molecule has 0 saturated heterocycles. The van der Waals surface area contributed by atoms with Gasteiger partial charge in [0.05, 0.1) is 19.8 Å². The van der Waals surface area contributed by atoms with Crippen LogP contribution in [-0.4, -0.2) is 33.0 Å². The van der Waals surface area contributed by atoms with Gasteiger partial charge in [-0.05, 0) is 19.3 Å². The Labute approximate surface area is 107 Å². The van der Waals surface area contributed by atoms with Gasteiger partial charge in [0, 0.05) is 13.2 Å². The molecule has 0 saturated carbocycles. The Morgan fingerprint density at radius 1 is 0.647 bits per heavy atom. The van der Waals surface area contributed by atoms with E-state index in [1.54, 1.807) is 0 Å². The van der Waals surface area contributed by atoms with Crippen molar-refractivity contribution in [3.05, 3.63) is 0 Å². The first-order chi connectivity index (χ1) is 8.41. The van der Waals surface area contributed by atoms with E-state index in [1.807, 2.05) is 0 Å². The van der Waals surface area contributed by atoms with Gasteiger partial charge in [0.25, 0.3) is 0 Å². The third-order valence-electron chi connectivity index (χ3n) is 2.70. The van der Waals surface area contributed by atoms with Crippen molar-refractivity contribution >= 4 is 0 Å². The molecule has 0 rings (SSSR count). The van der Waals surface area contributed by atoms with Gasteiger partial charge in [-0.2, -0.15) is 0 Å². The summed E-state index contributed by atoms with van der Waals surface area (Å²) in [4.78, 5) is 0. The number of hydrogen-bond donors (Lipinski definition) is 0. The Balaban J connectivity index is 2.85. The third kappa shape index (κ3) is 15.9. The minimum absolute atomic E-state index is 0.0845. The fourth-order valence-corrected chi connectivity index (χ4v) is 1.58. The largest absolute Gasteiger partial charge is 0.379 e. The van der Waals surface area contributed by atoms with E-state index in [9.17, 15) is 5.11 Å². The zero-order valence-electron chi connectivity index (χ0n) is 11.4. The van der Waals surface area contributed by atoms with Crippen molar-refractivity contribution in [3.63, 3.8) is 0 Å². The molecule has 0 fully saturated rings. The molecule has 0 amide bonds. The van der Waals surface area contributed by atoms with Gasteiger partial charge in [0.2, 0.25) is 0 Å². The predicted octanol–water partition coefficient (Wildman–Crippen LogP) is 3.59. The van der Waals surface area contributed by atoms with Crippen LogP contribution in [-0.2, 0) is 14.6 Å². The predicted molar refractivity (Wildman–Crippen MR) is 69.8 cm³/mol. The van der Waals surface area contributed by atoms with Gasteiger partial charge in [-0.3, -0.25) is 0 Å². The van der Waals surface area contributed by atoms with E-state index in [-0.39, 0.29) is 6.61 Å². The van der Waals surface area contributed by atoms with E-state index in [4.69, 9.17) is 9.47 Å². The monoisotopic (exact) mass is 245 g/mol. The molecule has 0 aliphatic heterocycles. The molecule has 3 heteroatoms. The van der Waals surface area contributed by atoms with E-state index in [0.29, 0.717) is 0 Å². The fourth-order valence-electron chi connectivity index (χ4n) is 1.58. The molecule has 103 valence electrons. The van der Waals surface area contributed by atoms with Crippen molar-refractivity contribution in [1.29, 1.82) is 0 Å². The second kappa shape index (κ2) is 15.9. The summed E-state index contributed by atoms with van der Waals surface area (Å²) in [6.45, 7) is 5.40. The molecule has 0 aliphatic rings. The molecule has 0 spiro atoms. The summed E-state index contributed by atoms with van der Waals surface area (Å²) < 4.78 is 10.9. The van der Waals surface area contributed by atoms with Crippen LogP contribution >= 0.6 is 0 Å².